The topological polar surface area (TPSA) is 42.0 Å². The smallest absolute Gasteiger partial charge is 0.237 e. The molecule has 1 aromatic heterocycles. The van der Waals surface area contributed by atoms with E-state index in [-0.39, 0.29) is 10.7 Å². The highest BCUT2D eigenvalue weighted by molar-refractivity contribution is 9.10. The predicted octanol–water partition coefficient (Wildman–Crippen LogP) is 1.80. The van der Waals surface area contributed by atoms with Crippen LogP contribution in [0.25, 0.3) is 0 Å². The zero-order valence-electron chi connectivity index (χ0n) is 6.62. The van der Waals surface area contributed by atoms with E-state index < -0.39 is 0 Å². The number of hydrogen-bond donors (Lipinski definition) is 1. The van der Waals surface area contributed by atoms with Crippen molar-refractivity contribution >= 4 is 27.5 Å². The molecule has 0 saturated carbocycles. The molecule has 1 unspecified atom stereocenters. The van der Waals surface area contributed by atoms with Gasteiger partial charge in [-0.3, -0.25) is 9.78 Å². The predicted molar refractivity (Wildman–Crippen MR) is 51.3 cm³/mol. The summed E-state index contributed by atoms with van der Waals surface area (Å²) in [7, 11) is 0. The van der Waals surface area contributed by atoms with Crippen molar-refractivity contribution in [2.45, 2.75) is 11.8 Å². The van der Waals surface area contributed by atoms with E-state index in [1.807, 2.05) is 0 Å². The van der Waals surface area contributed by atoms with E-state index in [1.165, 1.54) is 0 Å². The lowest BCUT2D eigenvalue weighted by molar-refractivity contribution is -0.115. The second-order valence-electron chi connectivity index (χ2n) is 2.35. The Morgan fingerprint density at radius 1 is 1.75 bits per heavy atom. The van der Waals surface area contributed by atoms with E-state index in [9.17, 15) is 4.79 Å². The average molecular weight is 229 g/mol. The van der Waals surface area contributed by atoms with Gasteiger partial charge in [0, 0.05) is 6.20 Å². The summed E-state index contributed by atoms with van der Waals surface area (Å²) in [5, 5.41) is 2.69. The number of nitrogens with zero attached hydrogens (tertiary/aromatic N) is 1. The molecule has 0 spiro atoms. The van der Waals surface area contributed by atoms with Crippen LogP contribution in [0.4, 0.5) is 5.69 Å². The van der Waals surface area contributed by atoms with Crippen LogP contribution in [0.5, 0.6) is 0 Å². The summed E-state index contributed by atoms with van der Waals surface area (Å²) < 4.78 is 0. The van der Waals surface area contributed by atoms with E-state index in [0.29, 0.717) is 5.69 Å². The summed E-state index contributed by atoms with van der Waals surface area (Å²) >= 11 is 3.16. The summed E-state index contributed by atoms with van der Waals surface area (Å²) in [6.45, 7) is 1.77. The molecule has 0 saturated heterocycles. The van der Waals surface area contributed by atoms with Crippen LogP contribution in [0.15, 0.2) is 24.5 Å². The highest BCUT2D eigenvalue weighted by Crippen LogP contribution is 2.06. The Labute approximate surface area is 79.3 Å². The number of aromatic nitrogens is 1. The molecule has 64 valence electrons. The zero-order valence-corrected chi connectivity index (χ0v) is 8.21. The minimum Gasteiger partial charge on any atom is -0.324 e. The Balaban J connectivity index is 2.59. The minimum atomic E-state index is -0.183. The molecule has 1 heterocycles. The van der Waals surface area contributed by atoms with E-state index in [0.717, 1.165) is 0 Å². The molecule has 1 aromatic rings. The molecule has 4 heteroatoms. The lowest BCUT2D eigenvalue weighted by Crippen LogP contribution is -2.19. The molecular weight excluding hydrogens is 220 g/mol. The van der Waals surface area contributed by atoms with Crippen molar-refractivity contribution in [1.82, 2.24) is 4.98 Å². The van der Waals surface area contributed by atoms with Gasteiger partial charge in [-0.15, -0.1) is 0 Å². The van der Waals surface area contributed by atoms with Crippen molar-refractivity contribution in [1.29, 1.82) is 0 Å². The Morgan fingerprint density at radius 2 is 2.50 bits per heavy atom. The highest BCUT2D eigenvalue weighted by Gasteiger charge is 2.07. The van der Waals surface area contributed by atoms with Gasteiger partial charge >= 0.3 is 0 Å². The molecule has 12 heavy (non-hydrogen) atoms. The molecule has 1 atom stereocenters. The molecule has 3 nitrogen and oxygen atoms in total. The standard InChI is InChI=1S/C8H9BrN2O/c1-6(9)8(12)11-7-3-2-4-10-5-7/h2-6H,1H3,(H,11,12). The monoisotopic (exact) mass is 228 g/mol. The second kappa shape index (κ2) is 4.21. The third-order valence-electron chi connectivity index (χ3n) is 1.29. The van der Waals surface area contributed by atoms with Crippen LogP contribution in [0, 0.1) is 0 Å². The molecule has 0 aliphatic rings. The minimum absolute atomic E-state index is 0.0667. The molecular formula is C8H9BrN2O. The van der Waals surface area contributed by atoms with Crippen LogP contribution in [-0.4, -0.2) is 15.7 Å². The zero-order chi connectivity index (χ0) is 8.97. The van der Waals surface area contributed by atoms with Crippen molar-refractivity contribution in [3.8, 4) is 0 Å². The SMILES string of the molecule is CC(Br)C(=O)Nc1cccnc1. The van der Waals surface area contributed by atoms with Crippen LogP contribution in [0.2, 0.25) is 0 Å². The highest BCUT2D eigenvalue weighted by atomic mass is 79.9. The lowest BCUT2D eigenvalue weighted by atomic mass is 10.4. The molecule has 0 aromatic carbocycles. The van der Waals surface area contributed by atoms with Crippen LogP contribution >= 0.6 is 15.9 Å². The first-order valence-electron chi connectivity index (χ1n) is 3.55. The summed E-state index contributed by atoms with van der Waals surface area (Å²) in [4.78, 5) is 14.8. The van der Waals surface area contributed by atoms with Crippen LogP contribution in [0.3, 0.4) is 0 Å². The summed E-state index contributed by atoms with van der Waals surface area (Å²) in [5.41, 5.74) is 0.716. The number of alkyl halides is 1. The Kier molecular flexibility index (Phi) is 3.22. The molecule has 1 amide bonds. The van der Waals surface area contributed by atoms with E-state index in [4.69, 9.17) is 0 Å². The van der Waals surface area contributed by atoms with Gasteiger partial charge in [0.05, 0.1) is 16.7 Å². The normalized spacial score (nSPS) is 12.2. The molecule has 0 aliphatic heterocycles. The van der Waals surface area contributed by atoms with Crippen LogP contribution in [-0.2, 0) is 4.79 Å². The van der Waals surface area contributed by atoms with Crippen LogP contribution < -0.4 is 5.32 Å². The van der Waals surface area contributed by atoms with Gasteiger partial charge in [-0.05, 0) is 19.1 Å². The number of rotatable bonds is 2. The Hall–Kier alpha value is -0.900. The molecule has 0 radical (unpaired) electrons. The number of carbonyl (C=O) groups excluding carboxylic acids is 1. The maximum atomic E-state index is 11.1. The number of nitrogens with one attached hydrogen (secondary N) is 1. The number of amides is 1. The fourth-order valence-electron chi connectivity index (χ4n) is 0.678. The van der Waals surface area contributed by atoms with Crippen molar-refractivity contribution < 1.29 is 4.79 Å². The largest absolute Gasteiger partial charge is 0.324 e. The molecule has 1 N–H and O–H groups in total. The average Bonchev–Trinajstić information content (AvgIpc) is 2.06. The maximum absolute atomic E-state index is 11.1. The maximum Gasteiger partial charge on any atom is 0.237 e. The van der Waals surface area contributed by atoms with Gasteiger partial charge in [-0.1, -0.05) is 15.9 Å². The quantitative estimate of drug-likeness (QED) is 0.785. The fourth-order valence-corrected chi connectivity index (χ4v) is 0.793. The number of carbonyl (C=O) groups is 1. The Bertz CT molecular complexity index is 261. The van der Waals surface area contributed by atoms with Crippen molar-refractivity contribution in [2.24, 2.45) is 0 Å². The number of anilines is 1. The Morgan fingerprint density at radius 3 is 3.00 bits per heavy atom. The summed E-state index contributed by atoms with van der Waals surface area (Å²) in [6, 6.07) is 3.56. The number of halogens is 1. The number of hydrogen-bond acceptors (Lipinski definition) is 2. The van der Waals surface area contributed by atoms with Gasteiger partial charge in [0.2, 0.25) is 5.91 Å². The van der Waals surface area contributed by atoms with E-state index in [2.05, 4.69) is 26.2 Å². The van der Waals surface area contributed by atoms with Gasteiger partial charge in [-0.25, -0.2) is 0 Å². The van der Waals surface area contributed by atoms with Gasteiger partial charge in [0.15, 0.2) is 0 Å². The van der Waals surface area contributed by atoms with E-state index >= 15 is 0 Å². The van der Waals surface area contributed by atoms with Gasteiger partial charge < -0.3 is 5.32 Å². The third kappa shape index (κ3) is 2.62. The van der Waals surface area contributed by atoms with Gasteiger partial charge in [-0.2, -0.15) is 0 Å². The summed E-state index contributed by atoms with van der Waals surface area (Å²) in [6.07, 6.45) is 3.26. The third-order valence-corrected chi connectivity index (χ3v) is 1.71. The van der Waals surface area contributed by atoms with Crippen LogP contribution in [0.1, 0.15) is 6.92 Å². The van der Waals surface area contributed by atoms with Gasteiger partial charge in [0.25, 0.3) is 0 Å². The molecule has 0 aliphatic carbocycles. The second-order valence-corrected chi connectivity index (χ2v) is 3.72. The van der Waals surface area contributed by atoms with Gasteiger partial charge in [0.1, 0.15) is 0 Å². The molecule has 0 bridgehead atoms. The number of pyridine rings is 1. The van der Waals surface area contributed by atoms with Crippen molar-refractivity contribution in [2.75, 3.05) is 5.32 Å². The first-order valence-corrected chi connectivity index (χ1v) is 4.46. The fraction of sp³-hybridized carbons (Fsp3) is 0.250. The van der Waals surface area contributed by atoms with Crippen molar-refractivity contribution in [3.05, 3.63) is 24.5 Å². The van der Waals surface area contributed by atoms with Crippen molar-refractivity contribution in [3.63, 3.8) is 0 Å². The molecule has 1 rings (SSSR count). The first kappa shape index (κ1) is 9.19. The van der Waals surface area contributed by atoms with E-state index in [1.54, 1.807) is 31.5 Å². The summed E-state index contributed by atoms with van der Waals surface area (Å²) in [5.74, 6) is -0.0667. The first-order chi connectivity index (χ1) is 5.70. The lowest BCUT2D eigenvalue weighted by Gasteiger charge is -2.04. The molecule has 0 fully saturated rings.